The summed E-state index contributed by atoms with van der Waals surface area (Å²) in [6.45, 7) is 4.59. The summed E-state index contributed by atoms with van der Waals surface area (Å²) >= 11 is 0. The fraction of sp³-hybridized carbons (Fsp3) is 0.480. The van der Waals surface area contributed by atoms with Crippen LogP contribution in [0.15, 0.2) is 42.5 Å². The molecule has 1 N–H and O–H groups in total. The summed E-state index contributed by atoms with van der Waals surface area (Å²) in [6.07, 6.45) is 2.10. The molecule has 2 fully saturated rings. The first-order valence-corrected chi connectivity index (χ1v) is 11.3. The summed E-state index contributed by atoms with van der Waals surface area (Å²) in [6, 6.07) is 13.4. The van der Waals surface area contributed by atoms with Gasteiger partial charge in [0.1, 0.15) is 12.4 Å². The molecular formula is C25H30N2O5. The Morgan fingerprint density at radius 1 is 1.16 bits per heavy atom. The minimum absolute atomic E-state index is 0.0539. The first-order valence-electron chi connectivity index (χ1n) is 11.3. The number of fused-ring (bicyclic) bond motifs is 3. The van der Waals surface area contributed by atoms with Gasteiger partial charge in [-0.25, -0.2) is 0 Å². The summed E-state index contributed by atoms with van der Waals surface area (Å²) in [5.41, 5.74) is 1.66. The number of hydrogen-bond donors (Lipinski definition) is 1. The third-order valence-corrected chi connectivity index (χ3v) is 6.46. The molecule has 5 rings (SSSR count). The normalized spacial score (nSPS) is 25.9. The van der Waals surface area contributed by atoms with Crippen LogP contribution in [-0.4, -0.2) is 62.9 Å². The van der Waals surface area contributed by atoms with E-state index in [1.54, 1.807) is 19.2 Å². The molecule has 0 radical (unpaired) electrons. The number of carbonyl (C=O) groups is 1. The van der Waals surface area contributed by atoms with Crippen molar-refractivity contribution >= 4 is 5.91 Å². The van der Waals surface area contributed by atoms with E-state index in [0.29, 0.717) is 42.8 Å². The molecule has 7 nitrogen and oxygen atoms in total. The number of ether oxygens (including phenoxy) is 4. The predicted molar refractivity (Wildman–Crippen MR) is 119 cm³/mol. The molecule has 2 aromatic rings. The van der Waals surface area contributed by atoms with Crippen molar-refractivity contribution < 1.29 is 23.7 Å². The Kier molecular flexibility index (Phi) is 6.19. The maximum Gasteiger partial charge on any atom is 0.251 e. The molecule has 0 aliphatic carbocycles. The van der Waals surface area contributed by atoms with Crippen molar-refractivity contribution in [1.29, 1.82) is 0 Å². The number of benzene rings is 2. The van der Waals surface area contributed by atoms with Crippen LogP contribution in [0.25, 0.3) is 0 Å². The van der Waals surface area contributed by atoms with Gasteiger partial charge in [0, 0.05) is 24.7 Å². The number of nitrogens with one attached hydrogen (secondary N) is 1. The molecule has 3 heterocycles. The van der Waals surface area contributed by atoms with Gasteiger partial charge in [0.2, 0.25) is 0 Å². The molecule has 7 heteroatoms. The molecule has 4 atom stereocenters. The number of rotatable bonds is 7. The molecule has 2 bridgehead atoms. The topological polar surface area (TPSA) is 69.3 Å². The van der Waals surface area contributed by atoms with E-state index in [4.69, 9.17) is 18.9 Å². The van der Waals surface area contributed by atoms with Gasteiger partial charge in [-0.3, -0.25) is 4.79 Å². The molecule has 0 aromatic heterocycles. The lowest BCUT2D eigenvalue weighted by molar-refractivity contribution is 0.00266. The maximum atomic E-state index is 12.8. The second-order valence-electron chi connectivity index (χ2n) is 8.90. The molecular weight excluding hydrogens is 408 g/mol. The lowest BCUT2D eigenvalue weighted by Gasteiger charge is -2.30. The van der Waals surface area contributed by atoms with E-state index >= 15 is 0 Å². The fourth-order valence-corrected chi connectivity index (χ4v) is 4.80. The van der Waals surface area contributed by atoms with E-state index in [9.17, 15) is 4.79 Å². The summed E-state index contributed by atoms with van der Waals surface area (Å²) < 4.78 is 22.9. The van der Waals surface area contributed by atoms with E-state index in [0.717, 1.165) is 30.8 Å². The SMILES string of the molecule is COc1ccc(COC[C@@H]2COc3ccc(C(=O)N[C@@H]4C[C@@H]5CCN(C5)C4)cc3O2)cc1. The second-order valence-corrected chi connectivity index (χ2v) is 8.90. The van der Waals surface area contributed by atoms with Crippen LogP contribution >= 0.6 is 0 Å². The Morgan fingerprint density at radius 2 is 2.03 bits per heavy atom. The van der Waals surface area contributed by atoms with Crippen LogP contribution in [0.2, 0.25) is 0 Å². The number of nitrogens with zero attached hydrogens (tertiary/aromatic N) is 1. The van der Waals surface area contributed by atoms with Crippen LogP contribution in [0.4, 0.5) is 0 Å². The molecule has 1 amide bonds. The molecule has 0 saturated carbocycles. The van der Waals surface area contributed by atoms with Gasteiger partial charge in [0.05, 0.1) is 20.3 Å². The Balaban J connectivity index is 1.14. The van der Waals surface area contributed by atoms with Gasteiger partial charge >= 0.3 is 0 Å². The number of methoxy groups -OCH3 is 1. The molecule has 2 saturated heterocycles. The Bertz CT molecular complexity index is 936. The highest BCUT2D eigenvalue weighted by Crippen LogP contribution is 2.33. The van der Waals surface area contributed by atoms with Crippen molar-refractivity contribution in [3.63, 3.8) is 0 Å². The van der Waals surface area contributed by atoms with E-state index in [-0.39, 0.29) is 18.1 Å². The summed E-state index contributed by atoms with van der Waals surface area (Å²) in [5, 5.41) is 3.20. The summed E-state index contributed by atoms with van der Waals surface area (Å²) in [5.74, 6) is 2.74. The van der Waals surface area contributed by atoms with E-state index < -0.39 is 0 Å². The average Bonchev–Trinajstić information content (AvgIpc) is 3.16. The number of amides is 1. The van der Waals surface area contributed by atoms with Crippen LogP contribution in [0.5, 0.6) is 17.2 Å². The van der Waals surface area contributed by atoms with Crippen LogP contribution in [-0.2, 0) is 11.3 Å². The van der Waals surface area contributed by atoms with Crippen LogP contribution in [0.1, 0.15) is 28.8 Å². The van der Waals surface area contributed by atoms with Crippen molar-refractivity contribution in [1.82, 2.24) is 10.2 Å². The summed E-state index contributed by atoms with van der Waals surface area (Å²) in [4.78, 5) is 15.3. The van der Waals surface area contributed by atoms with Crippen molar-refractivity contribution in [2.45, 2.75) is 31.6 Å². The minimum Gasteiger partial charge on any atom is -0.497 e. The van der Waals surface area contributed by atoms with Crippen molar-refractivity contribution in [2.75, 3.05) is 40.0 Å². The third kappa shape index (κ3) is 4.84. The minimum atomic E-state index is -0.221. The number of piperidine rings is 1. The molecule has 2 aromatic carbocycles. The van der Waals surface area contributed by atoms with Crippen LogP contribution < -0.4 is 19.5 Å². The summed E-state index contributed by atoms with van der Waals surface area (Å²) in [7, 11) is 1.65. The number of hydrogen-bond acceptors (Lipinski definition) is 6. The average molecular weight is 439 g/mol. The third-order valence-electron chi connectivity index (χ3n) is 6.46. The molecule has 170 valence electrons. The van der Waals surface area contributed by atoms with Crippen LogP contribution in [0.3, 0.4) is 0 Å². The lowest BCUT2D eigenvalue weighted by Crippen LogP contribution is -2.47. The highest BCUT2D eigenvalue weighted by atomic mass is 16.6. The molecule has 32 heavy (non-hydrogen) atoms. The zero-order valence-electron chi connectivity index (χ0n) is 18.4. The first-order chi connectivity index (χ1) is 15.7. The van der Waals surface area contributed by atoms with Gasteiger partial charge in [-0.05, 0) is 61.2 Å². The smallest absolute Gasteiger partial charge is 0.251 e. The van der Waals surface area contributed by atoms with Crippen molar-refractivity contribution in [3.8, 4) is 17.2 Å². The van der Waals surface area contributed by atoms with Gasteiger partial charge in [0.15, 0.2) is 17.6 Å². The van der Waals surface area contributed by atoms with Crippen molar-refractivity contribution in [3.05, 3.63) is 53.6 Å². The van der Waals surface area contributed by atoms with Gasteiger partial charge in [-0.1, -0.05) is 12.1 Å². The fourth-order valence-electron chi connectivity index (χ4n) is 4.80. The zero-order valence-corrected chi connectivity index (χ0v) is 18.4. The number of carbonyl (C=O) groups excluding carboxylic acids is 1. The highest BCUT2D eigenvalue weighted by molar-refractivity contribution is 5.95. The van der Waals surface area contributed by atoms with Gasteiger partial charge < -0.3 is 29.2 Å². The first kappa shape index (κ1) is 21.1. The van der Waals surface area contributed by atoms with E-state index in [1.807, 2.05) is 30.3 Å². The van der Waals surface area contributed by atoms with Gasteiger partial charge in [-0.2, -0.15) is 0 Å². The Hall–Kier alpha value is -2.77. The zero-order chi connectivity index (χ0) is 21.9. The predicted octanol–water partition coefficient (Wildman–Crippen LogP) is 2.88. The molecule has 3 aliphatic heterocycles. The highest BCUT2D eigenvalue weighted by Gasteiger charge is 2.33. The maximum absolute atomic E-state index is 12.8. The second kappa shape index (κ2) is 9.38. The molecule has 3 aliphatic rings. The van der Waals surface area contributed by atoms with E-state index in [1.165, 1.54) is 13.0 Å². The quantitative estimate of drug-likeness (QED) is 0.717. The Morgan fingerprint density at radius 3 is 2.84 bits per heavy atom. The van der Waals surface area contributed by atoms with Gasteiger partial charge in [-0.15, -0.1) is 0 Å². The van der Waals surface area contributed by atoms with E-state index in [2.05, 4.69) is 10.2 Å². The van der Waals surface area contributed by atoms with Crippen molar-refractivity contribution in [2.24, 2.45) is 5.92 Å². The largest absolute Gasteiger partial charge is 0.497 e. The Labute approximate surface area is 188 Å². The molecule has 1 unspecified atom stereocenters. The lowest BCUT2D eigenvalue weighted by atomic mass is 9.96. The monoisotopic (exact) mass is 438 g/mol. The molecule has 0 spiro atoms. The van der Waals surface area contributed by atoms with Gasteiger partial charge in [0.25, 0.3) is 5.91 Å². The standard InChI is InChI=1S/C25H30N2O5/c1-29-21-5-2-17(3-6-21)14-30-15-22-16-31-23-7-4-19(11-24(23)32-22)25(28)26-20-10-18-8-9-27(12-18)13-20/h2-7,11,18,20,22H,8-10,12-16H2,1H3,(H,26,28)/t18-,20+,22+/m0/s1. The van der Waals surface area contributed by atoms with Crippen LogP contribution in [0, 0.1) is 5.92 Å².